The van der Waals surface area contributed by atoms with Gasteiger partial charge in [0.2, 0.25) is 0 Å². The topological polar surface area (TPSA) is 49.3 Å². The number of nitrogens with one attached hydrogen (secondary N) is 1. The zero-order valence-electron chi connectivity index (χ0n) is 7.76. The number of aliphatic carboxylic acids is 1. The van der Waals surface area contributed by atoms with E-state index in [1.807, 2.05) is 0 Å². The average Bonchev–Trinajstić information content (AvgIpc) is 2.12. The first-order valence-electron chi connectivity index (χ1n) is 4.10. The zero-order chi connectivity index (χ0) is 11.4. The summed E-state index contributed by atoms with van der Waals surface area (Å²) in [6.45, 7) is 3.36. The van der Waals surface area contributed by atoms with Crippen LogP contribution in [-0.2, 0) is 4.79 Å². The molecule has 0 aliphatic rings. The van der Waals surface area contributed by atoms with Gasteiger partial charge in [0, 0.05) is 22.8 Å². The molecule has 1 rings (SSSR count). The van der Waals surface area contributed by atoms with Crippen LogP contribution in [0.5, 0.6) is 0 Å². The Morgan fingerprint density at radius 3 is 2.73 bits per heavy atom. The zero-order valence-corrected chi connectivity index (χ0v) is 8.51. The summed E-state index contributed by atoms with van der Waals surface area (Å²) < 4.78 is 12.8. The van der Waals surface area contributed by atoms with Crippen molar-refractivity contribution in [3.63, 3.8) is 0 Å². The summed E-state index contributed by atoms with van der Waals surface area (Å²) in [5, 5.41) is 11.5. The van der Waals surface area contributed by atoms with Gasteiger partial charge in [0.15, 0.2) is 0 Å². The number of hydrogen-bond acceptors (Lipinski definition) is 2. The largest absolute Gasteiger partial charge is 0.478 e. The van der Waals surface area contributed by atoms with Crippen LogP contribution in [0.2, 0.25) is 5.02 Å². The highest BCUT2D eigenvalue weighted by atomic mass is 35.5. The van der Waals surface area contributed by atoms with Crippen molar-refractivity contribution >= 4 is 23.3 Å². The molecule has 0 aliphatic heterocycles. The maximum Gasteiger partial charge on any atom is 0.332 e. The Morgan fingerprint density at radius 1 is 1.53 bits per heavy atom. The molecule has 15 heavy (non-hydrogen) atoms. The van der Waals surface area contributed by atoms with Crippen LogP contribution in [0, 0.1) is 5.82 Å². The summed E-state index contributed by atoms with van der Waals surface area (Å²) in [6.07, 6.45) is 0. The number of carbonyl (C=O) groups is 1. The van der Waals surface area contributed by atoms with Crippen molar-refractivity contribution in [2.75, 3.05) is 11.9 Å². The van der Waals surface area contributed by atoms with Crippen molar-refractivity contribution in [1.82, 2.24) is 0 Å². The Balaban J connectivity index is 2.65. The first kappa shape index (κ1) is 11.5. The summed E-state index contributed by atoms with van der Waals surface area (Å²) in [6, 6.07) is 3.89. The number of benzene rings is 1. The predicted molar refractivity (Wildman–Crippen MR) is 56.7 cm³/mol. The number of rotatable bonds is 4. The van der Waals surface area contributed by atoms with Gasteiger partial charge in [-0.25, -0.2) is 9.18 Å². The SMILES string of the molecule is C=C(CNc1cc(F)cc(Cl)c1)C(=O)O. The highest BCUT2D eigenvalue weighted by Crippen LogP contribution is 2.18. The van der Waals surface area contributed by atoms with Crippen LogP contribution in [0.15, 0.2) is 30.4 Å². The van der Waals surface area contributed by atoms with Gasteiger partial charge in [-0.3, -0.25) is 0 Å². The van der Waals surface area contributed by atoms with E-state index in [0.29, 0.717) is 5.69 Å². The maximum atomic E-state index is 12.8. The third-order valence-electron chi connectivity index (χ3n) is 1.67. The lowest BCUT2D eigenvalue weighted by Gasteiger charge is -2.06. The minimum Gasteiger partial charge on any atom is -0.478 e. The molecule has 5 heteroatoms. The van der Waals surface area contributed by atoms with Crippen molar-refractivity contribution in [3.8, 4) is 0 Å². The van der Waals surface area contributed by atoms with E-state index in [2.05, 4.69) is 11.9 Å². The molecule has 80 valence electrons. The minimum atomic E-state index is -1.09. The fourth-order valence-electron chi connectivity index (χ4n) is 0.940. The molecule has 3 nitrogen and oxygen atoms in total. The van der Waals surface area contributed by atoms with Crippen molar-refractivity contribution in [1.29, 1.82) is 0 Å². The standard InChI is InChI=1S/C10H9ClFNO2/c1-6(10(14)15)5-13-9-3-7(11)2-8(12)4-9/h2-4,13H,1,5H2,(H,14,15). The molecule has 1 aromatic rings. The fourth-order valence-corrected chi connectivity index (χ4v) is 1.16. The monoisotopic (exact) mass is 229 g/mol. The van der Waals surface area contributed by atoms with Crippen LogP contribution in [0.3, 0.4) is 0 Å². The highest BCUT2D eigenvalue weighted by Gasteiger charge is 2.04. The molecule has 0 radical (unpaired) electrons. The Morgan fingerprint density at radius 2 is 2.20 bits per heavy atom. The molecule has 0 aromatic heterocycles. The molecule has 0 heterocycles. The third-order valence-corrected chi connectivity index (χ3v) is 1.89. The quantitative estimate of drug-likeness (QED) is 0.780. The predicted octanol–water partition coefficient (Wildman–Crippen LogP) is 2.53. The van der Waals surface area contributed by atoms with Crippen LogP contribution < -0.4 is 5.32 Å². The molecule has 0 aliphatic carbocycles. The van der Waals surface area contributed by atoms with Crippen LogP contribution in [0.4, 0.5) is 10.1 Å². The van der Waals surface area contributed by atoms with Crippen LogP contribution in [0.25, 0.3) is 0 Å². The molecule has 0 fully saturated rings. The summed E-state index contributed by atoms with van der Waals surface area (Å²) in [7, 11) is 0. The van der Waals surface area contributed by atoms with E-state index in [4.69, 9.17) is 16.7 Å². The van der Waals surface area contributed by atoms with Gasteiger partial charge in [-0.15, -0.1) is 0 Å². The Labute approximate surface area is 91.2 Å². The molecule has 0 saturated carbocycles. The second kappa shape index (κ2) is 4.79. The van der Waals surface area contributed by atoms with Gasteiger partial charge in [0.25, 0.3) is 0 Å². The van der Waals surface area contributed by atoms with Crippen molar-refractivity contribution in [3.05, 3.63) is 41.2 Å². The Kier molecular flexibility index (Phi) is 3.68. The van der Waals surface area contributed by atoms with Crippen LogP contribution in [0.1, 0.15) is 0 Å². The van der Waals surface area contributed by atoms with Crippen LogP contribution >= 0.6 is 11.6 Å². The van der Waals surface area contributed by atoms with Gasteiger partial charge >= 0.3 is 5.97 Å². The Hall–Kier alpha value is -1.55. The molecule has 0 spiro atoms. The second-order valence-electron chi connectivity index (χ2n) is 2.92. The third kappa shape index (κ3) is 3.59. The number of hydrogen-bond donors (Lipinski definition) is 2. The van der Waals surface area contributed by atoms with E-state index >= 15 is 0 Å². The van der Waals surface area contributed by atoms with Crippen molar-refractivity contribution in [2.45, 2.75) is 0 Å². The second-order valence-corrected chi connectivity index (χ2v) is 3.36. The van der Waals surface area contributed by atoms with Crippen molar-refractivity contribution < 1.29 is 14.3 Å². The van der Waals surface area contributed by atoms with E-state index in [0.717, 1.165) is 0 Å². The first-order chi connectivity index (χ1) is 6.99. The number of halogens is 2. The molecular weight excluding hydrogens is 221 g/mol. The molecule has 0 bridgehead atoms. The lowest BCUT2D eigenvalue weighted by Crippen LogP contribution is -2.11. The van der Waals surface area contributed by atoms with Crippen molar-refractivity contribution in [2.24, 2.45) is 0 Å². The summed E-state index contributed by atoms with van der Waals surface area (Å²) >= 11 is 5.61. The number of carboxylic acids is 1. The average molecular weight is 230 g/mol. The van der Waals surface area contributed by atoms with Gasteiger partial charge < -0.3 is 10.4 Å². The lowest BCUT2D eigenvalue weighted by atomic mass is 10.2. The molecule has 0 amide bonds. The van der Waals surface area contributed by atoms with E-state index < -0.39 is 11.8 Å². The fraction of sp³-hybridized carbons (Fsp3) is 0.100. The Bertz CT molecular complexity index is 386. The van der Waals surface area contributed by atoms with Gasteiger partial charge in [-0.2, -0.15) is 0 Å². The maximum absolute atomic E-state index is 12.8. The molecular formula is C10H9ClFNO2. The number of carboxylic acid groups (broad SMARTS) is 1. The molecule has 0 saturated heterocycles. The molecule has 0 atom stereocenters. The minimum absolute atomic E-state index is 0.00427. The molecule has 1 aromatic carbocycles. The summed E-state index contributed by atoms with van der Waals surface area (Å²) in [5.74, 6) is -1.57. The van der Waals surface area contributed by atoms with E-state index in [-0.39, 0.29) is 17.1 Å². The number of anilines is 1. The first-order valence-corrected chi connectivity index (χ1v) is 4.48. The smallest absolute Gasteiger partial charge is 0.332 e. The normalized spacial score (nSPS) is 9.73. The van der Waals surface area contributed by atoms with Gasteiger partial charge in [0.1, 0.15) is 5.82 Å². The lowest BCUT2D eigenvalue weighted by molar-refractivity contribution is -0.132. The van der Waals surface area contributed by atoms with Gasteiger partial charge in [-0.05, 0) is 18.2 Å². The van der Waals surface area contributed by atoms with E-state index in [9.17, 15) is 9.18 Å². The summed E-state index contributed by atoms with van der Waals surface area (Å²) in [5.41, 5.74) is 0.415. The van der Waals surface area contributed by atoms with E-state index in [1.54, 1.807) is 0 Å². The summed E-state index contributed by atoms with van der Waals surface area (Å²) in [4.78, 5) is 10.4. The van der Waals surface area contributed by atoms with Gasteiger partial charge in [0.05, 0.1) is 0 Å². The van der Waals surface area contributed by atoms with Gasteiger partial charge in [-0.1, -0.05) is 18.2 Å². The highest BCUT2D eigenvalue weighted by molar-refractivity contribution is 6.30. The molecule has 0 unspecified atom stereocenters. The molecule has 2 N–H and O–H groups in total. The van der Waals surface area contributed by atoms with Crippen LogP contribution in [-0.4, -0.2) is 17.6 Å². The van der Waals surface area contributed by atoms with E-state index in [1.165, 1.54) is 18.2 Å².